The highest BCUT2D eigenvalue weighted by Gasteiger charge is 2.35. The predicted octanol–water partition coefficient (Wildman–Crippen LogP) is 2.52. The van der Waals surface area contributed by atoms with E-state index < -0.39 is 5.43 Å². The number of hydrogen-bond acceptors (Lipinski definition) is 6. The first-order valence-electron chi connectivity index (χ1n) is 11.1. The SMILES string of the molecule is CCOC(=O)C1CCCN(c2c(N3CCC(Cc4ccccc4)CC3)c(=O)c2=O)C1. The first-order chi connectivity index (χ1) is 14.6. The van der Waals surface area contributed by atoms with Gasteiger partial charge in [-0.15, -0.1) is 0 Å². The second-order valence-corrected chi connectivity index (χ2v) is 8.51. The normalized spacial score (nSPS) is 20.5. The number of anilines is 2. The zero-order valence-electron chi connectivity index (χ0n) is 17.6. The van der Waals surface area contributed by atoms with E-state index in [1.807, 2.05) is 11.0 Å². The zero-order valence-corrected chi connectivity index (χ0v) is 17.6. The molecule has 30 heavy (non-hydrogen) atoms. The van der Waals surface area contributed by atoms with Gasteiger partial charge in [0.2, 0.25) is 0 Å². The van der Waals surface area contributed by atoms with E-state index >= 15 is 0 Å². The Bertz CT molecular complexity index is 940. The Hall–Kier alpha value is -2.63. The summed E-state index contributed by atoms with van der Waals surface area (Å²) in [7, 11) is 0. The van der Waals surface area contributed by atoms with E-state index in [0.717, 1.165) is 45.2 Å². The van der Waals surface area contributed by atoms with Crippen LogP contribution in [-0.2, 0) is 16.0 Å². The van der Waals surface area contributed by atoms with Crippen molar-refractivity contribution in [3.8, 4) is 0 Å². The van der Waals surface area contributed by atoms with Crippen molar-refractivity contribution >= 4 is 17.3 Å². The number of carbonyl (C=O) groups is 1. The third kappa shape index (κ3) is 4.13. The van der Waals surface area contributed by atoms with Crippen LogP contribution in [0.15, 0.2) is 39.9 Å². The molecule has 0 radical (unpaired) electrons. The first kappa shape index (κ1) is 20.6. The van der Waals surface area contributed by atoms with Gasteiger partial charge in [0.05, 0.1) is 12.5 Å². The molecule has 1 atom stereocenters. The van der Waals surface area contributed by atoms with Crippen molar-refractivity contribution in [3.63, 3.8) is 0 Å². The Balaban J connectivity index is 1.42. The van der Waals surface area contributed by atoms with E-state index in [1.165, 1.54) is 5.56 Å². The lowest BCUT2D eigenvalue weighted by Gasteiger charge is -2.39. The maximum Gasteiger partial charge on any atom is 0.310 e. The van der Waals surface area contributed by atoms with E-state index in [4.69, 9.17) is 4.74 Å². The molecule has 2 aromatic rings. The monoisotopic (exact) mass is 410 g/mol. The maximum atomic E-state index is 12.4. The smallest absolute Gasteiger partial charge is 0.310 e. The molecule has 0 aliphatic carbocycles. The molecule has 0 saturated carbocycles. The summed E-state index contributed by atoms with van der Waals surface area (Å²) in [5.74, 6) is 0.165. The number of nitrogens with zero attached hydrogens (tertiary/aromatic N) is 2. The minimum absolute atomic E-state index is 0.204. The van der Waals surface area contributed by atoms with Gasteiger partial charge in [-0.2, -0.15) is 0 Å². The van der Waals surface area contributed by atoms with Gasteiger partial charge in [-0.05, 0) is 50.5 Å². The van der Waals surface area contributed by atoms with E-state index in [0.29, 0.717) is 37.0 Å². The molecule has 2 aliphatic heterocycles. The Morgan fingerprint density at radius 1 is 0.967 bits per heavy atom. The molecule has 1 unspecified atom stereocenters. The second-order valence-electron chi connectivity index (χ2n) is 8.51. The fraction of sp³-hybridized carbons (Fsp3) is 0.542. The lowest BCUT2D eigenvalue weighted by Crippen LogP contribution is -2.51. The highest BCUT2D eigenvalue weighted by Crippen LogP contribution is 2.32. The van der Waals surface area contributed by atoms with Gasteiger partial charge in [0.15, 0.2) is 0 Å². The van der Waals surface area contributed by atoms with Gasteiger partial charge < -0.3 is 14.5 Å². The summed E-state index contributed by atoms with van der Waals surface area (Å²) in [6.07, 6.45) is 4.67. The van der Waals surface area contributed by atoms with E-state index in [1.54, 1.807) is 6.92 Å². The summed E-state index contributed by atoms with van der Waals surface area (Å²) in [4.78, 5) is 41.1. The average Bonchev–Trinajstić information content (AvgIpc) is 2.78. The molecular formula is C24H30N2O4. The number of carbonyl (C=O) groups excluding carboxylic acids is 1. The van der Waals surface area contributed by atoms with E-state index in [-0.39, 0.29) is 17.3 Å². The fourth-order valence-electron chi connectivity index (χ4n) is 4.90. The number of piperidine rings is 2. The van der Waals surface area contributed by atoms with Crippen LogP contribution in [-0.4, -0.2) is 38.8 Å². The largest absolute Gasteiger partial charge is 0.466 e. The van der Waals surface area contributed by atoms with Crippen LogP contribution in [0.3, 0.4) is 0 Å². The summed E-state index contributed by atoms with van der Waals surface area (Å²) in [5.41, 5.74) is 1.67. The molecule has 2 aliphatic rings. The van der Waals surface area contributed by atoms with Crippen molar-refractivity contribution in [2.75, 3.05) is 42.6 Å². The van der Waals surface area contributed by atoms with Gasteiger partial charge in [0.25, 0.3) is 10.9 Å². The molecular weight excluding hydrogens is 380 g/mol. The van der Waals surface area contributed by atoms with E-state index in [9.17, 15) is 14.4 Å². The van der Waals surface area contributed by atoms with Crippen LogP contribution in [0.25, 0.3) is 0 Å². The van der Waals surface area contributed by atoms with Crippen molar-refractivity contribution in [1.29, 1.82) is 0 Å². The fourth-order valence-corrected chi connectivity index (χ4v) is 4.90. The molecule has 6 nitrogen and oxygen atoms in total. The number of benzene rings is 1. The molecule has 160 valence electrons. The molecule has 0 amide bonds. The number of ether oxygens (including phenoxy) is 1. The molecule has 0 bridgehead atoms. The van der Waals surface area contributed by atoms with Crippen LogP contribution in [0.1, 0.15) is 38.2 Å². The minimum atomic E-state index is -0.402. The number of esters is 1. The van der Waals surface area contributed by atoms with Crippen LogP contribution in [0, 0.1) is 11.8 Å². The quantitative estimate of drug-likeness (QED) is 0.539. The summed E-state index contributed by atoms with van der Waals surface area (Å²) >= 11 is 0. The Morgan fingerprint density at radius 3 is 2.30 bits per heavy atom. The van der Waals surface area contributed by atoms with Crippen molar-refractivity contribution in [1.82, 2.24) is 0 Å². The molecule has 2 fully saturated rings. The molecule has 2 aromatic carbocycles. The average molecular weight is 411 g/mol. The van der Waals surface area contributed by atoms with Gasteiger partial charge in [-0.25, -0.2) is 0 Å². The van der Waals surface area contributed by atoms with Crippen LogP contribution < -0.4 is 20.7 Å². The molecule has 4 rings (SSSR count). The van der Waals surface area contributed by atoms with Gasteiger partial charge in [-0.3, -0.25) is 14.4 Å². The van der Waals surface area contributed by atoms with Gasteiger partial charge >= 0.3 is 5.97 Å². The number of rotatable bonds is 6. The van der Waals surface area contributed by atoms with Gasteiger partial charge in [0.1, 0.15) is 11.4 Å². The van der Waals surface area contributed by atoms with Crippen LogP contribution in [0.2, 0.25) is 0 Å². The van der Waals surface area contributed by atoms with Crippen molar-refractivity contribution in [3.05, 3.63) is 56.3 Å². The first-order valence-corrected chi connectivity index (χ1v) is 11.1. The van der Waals surface area contributed by atoms with Crippen molar-refractivity contribution in [2.45, 2.75) is 39.0 Å². The summed E-state index contributed by atoms with van der Waals surface area (Å²) in [5, 5.41) is 0. The topological polar surface area (TPSA) is 66.9 Å². The van der Waals surface area contributed by atoms with Crippen LogP contribution >= 0.6 is 0 Å². The minimum Gasteiger partial charge on any atom is -0.466 e. The lowest BCUT2D eigenvalue weighted by molar-refractivity contribution is -0.148. The van der Waals surface area contributed by atoms with Crippen LogP contribution in [0.4, 0.5) is 11.4 Å². The van der Waals surface area contributed by atoms with Gasteiger partial charge in [-0.1, -0.05) is 30.3 Å². The van der Waals surface area contributed by atoms with E-state index in [2.05, 4.69) is 29.2 Å². The van der Waals surface area contributed by atoms with Crippen LogP contribution in [0.5, 0.6) is 0 Å². The summed E-state index contributed by atoms with van der Waals surface area (Å²) in [6, 6.07) is 10.5. The molecule has 6 heteroatoms. The summed E-state index contributed by atoms with van der Waals surface area (Å²) < 4.78 is 5.17. The third-order valence-electron chi connectivity index (χ3n) is 6.52. The second kappa shape index (κ2) is 9.02. The molecule has 2 saturated heterocycles. The zero-order chi connectivity index (χ0) is 21.1. The highest BCUT2D eigenvalue weighted by atomic mass is 16.5. The maximum absolute atomic E-state index is 12.4. The number of hydrogen-bond donors (Lipinski definition) is 0. The standard InChI is InChI=1S/C24H30N2O4/c1-2-30-24(29)19-9-6-12-26(16-19)21-20(22(27)23(21)28)25-13-10-18(11-14-25)15-17-7-4-3-5-8-17/h3-5,7-8,18-19H,2,6,9-16H2,1H3. The third-order valence-corrected chi connectivity index (χ3v) is 6.52. The Morgan fingerprint density at radius 2 is 1.63 bits per heavy atom. The molecule has 2 heterocycles. The Labute approximate surface area is 177 Å². The van der Waals surface area contributed by atoms with Gasteiger partial charge in [0, 0.05) is 26.2 Å². The molecule has 0 spiro atoms. The predicted molar refractivity (Wildman–Crippen MR) is 118 cm³/mol. The lowest BCUT2D eigenvalue weighted by atomic mass is 9.89. The summed E-state index contributed by atoms with van der Waals surface area (Å²) in [6.45, 7) is 4.92. The van der Waals surface area contributed by atoms with Crippen molar-refractivity contribution in [2.24, 2.45) is 11.8 Å². The Kier molecular flexibility index (Phi) is 6.21. The highest BCUT2D eigenvalue weighted by molar-refractivity contribution is 5.78. The van der Waals surface area contributed by atoms with Crippen molar-refractivity contribution < 1.29 is 9.53 Å². The molecule has 0 N–H and O–H groups in total. The molecule has 0 aromatic heterocycles.